The van der Waals surface area contributed by atoms with E-state index in [1.54, 1.807) is 18.6 Å². The highest BCUT2D eigenvalue weighted by Gasteiger charge is 2.19. The standard InChI is InChI=1S/C14H20N8.HI/c1-20-12(3-6-19-20)11-18-13(15)21-7-9-22(10-8-21)14-16-4-2-5-17-14;/h2-6H,7-11H2,1H3,(H2,15,18);1H. The Bertz CT molecular complexity index is 633. The van der Waals surface area contributed by atoms with E-state index in [-0.39, 0.29) is 24.0 Å². The van der Waals surface area contributed by atoms with Gasteiger partial charge in [-0.2, -0.15) is 5.10 Å². The molecule has 1 fully saturated rings. The Balaban J connectivity index is 0.00000192. The van der Waals surface area contributed by atoms with Crippen LogP contribution in [0.1, 0.15) is 5.69 Å². The number of hydrogen-bond donors (Lipinski definition) is 1. The zero-order valence-corrected chi connectivity index (χ0v) is 15.4. The van der Waals surface area contributed by atoms with E-state index in [4.69, 9.17) is 5.73 Å². The van der Waals surface area contributed by atoms with Crippen molar-refractivity contribution >= 4 is 35.9 Å². The minimum Gasteiger partial charge on any atom is -0.370 e. The van der Waals surface area contributed by atoms with E-state index < -0.39 is 0 Å². The van der Waals surface area contributed by atoms with Crippen LogP contribution in [0.5, 0.6) is 0 Å². The van der Waals surface area contributed by atoms with Crippen molar-refractivity contribution in [1.82, 2.24) is 24.6 Å². The molecule has 1 aliphatic heterocycles. The molecule has 0 unspecified atom stereocenters. The van der Waals surface area contributed by atoms with Crippen LogP contribution in [0.2, 0.25) is 0 Å². The number of aliphatic imine (C=N–C) groups is 1. The average Bonchev–Trinajstić information content (AvgIpc) is 2.99. The fourth-order valence-corrected chi connectivity index (χ4v) is 2.41. The first-order valence-electron chi connectivity index (χ1n) is 7.28. The van der Waals surface area contributed by atoms with Gasteiger partial charge in [0.1, 0.15) is 0 Å². The lowest BCUT2D eigenvalue weighted by atomic mass is 10.3. The second kappa shape index (κ2) is 8.09. The molecular weight excluding hydrogens is 407 g/mol. The maximum absolute atomic E-state index is 6.10. The van der Waals surface area contributed by atoms with E-state index in [2.05, 4.69) is 29.9 Å². The van der Waals surface area contributed by atoms with Crippen molar-refractivity contribution in [2.75, 3.05) is 31.1 Å². The average molecular weight is 428 g/mol. The molecule has 0 spiro atoms. The van der Waals surface area contributed by atoms with Crippen LogP contribution in [0, 0.1) is 0 Å². The molecule has 23 heavy (non-hydrogen) atoms. The molecule has 3 heterocycles. The molecule has 0 bridgehead atoms. The lowest BCUT2D eigenvalue weighted by Crippen LogP contribution is -2.51. The molecule has 2 N–H and O–H groups in total. The zero-order chi connectivity index (χ0) is 15.4. The second-order valence-electron chi connectivity index (χ2n) is 5.14. The van der Waals surface area contributed by atoms with Crippen LogP contribution in [0.25, 0.3) is 0 Å². The maximum Gasteiger partial charge on any atom is 0.225 e. The smallest absolute Gasteiger partial charge is 0.225 e. The molecule has 9 heteroatoms. The number of piperazine rings is 1. The van der Waals surface area contributed by atoms with Gasteiger partial charge in [-0.1, -0.05) is 0 Å². The van der Waals surface area contributed by atoms with Gasteiger partial charge in [-0.25, -0.2) is 15.0 Å². The van der Waals surface area contributed by atoms with Gasteiger partial charge in [0.25, 0.3) is 0 Å². The van der Waals surface area contributed by atoms with Crippen LogP contribution in [-0.2, 0) is 13.6 Å². The van der Waals surface area contributed by atoms with E-state index in [0.717, 1.165) is 37.8 Å². The third-order valence-electron chi connectivity index (χ3n) is 3.76. The Morgan fingerprint density at radius 3 is 2.48 bits per heavy atom. The van der Waals surface area contributed by atoms with E-state index in [1.165, 1.54) is 0 Å². The first-order chi connectivity index (χ1) is 10.7. The maximum atomic E-state index is 6.10. The summed E-state index contributed by atoms with van der Waals surface area (Å²) in [7, 11) is 1.90. The van der Waals surface area contributed by atoms with E-state index >= 15 is 0 Å². The Morgan fingerprint density at radius 1 is 1.17 bits per heavy atom. The predicted molar refractivity (Wildman–Crippen MR) is 99.8 cm³/mol. The molecule has 2 aromatic heterocycles. The number of nitrogens with two attached hydrogens (primary N) is 1. The van der Waals surface area contributed by atoms with Crippen molar-refractivity contribution in [2.45, 2.75) is 6.54 Å². The number of halogens is 1. The summed E-state index contributed by atoms with van der Waals surface area (Å²) in [5, 5.41) is 4.12. The summed E-state index contributed by atoms with van der Waals surface area (Å²) in [5.41, 5.74) is 7.14. The molecular formula is C14H21IN8. The van der Waals surface area contributed by atoms with Gasteiger partial charge in [0.15, 0.2) is 5.96 Å². The molecule has 0 radical (unpaired) electrons. The number of aromatic nitrogens is 4. The Hall–Kier alpha value is -1.91. The number of aryl methyl sites for hydroxylation is 1. The monoisotopic (exact) mass is 428 g/mol. The van der Waals surface area contributed by atoms with Gasteiger partial charge in [0, 0.05) is 51.8 Å². The number of rotatable bonds is 3. The minimum atomic E-state index is 0. The van der Waals surface area contributed by atoms with Crippen LogP contribution in [0.15, 0.2) is 35.7 Å². The highest BCUT2D eigenvalue weighted by Crippen LogP contribution is 2.09. The van der Waals surface area contributed by atoms with Gasteiger partial charge in [0.2, 0.25) is 5.95 Å². The third-order valence-corrected chi connectivity index (χ3v) is 3.76. The number of guanidine groups is 1. The topological polar surface area (TPSA) is 88.5 Å². The SMILES string of the molecule is Cn1nccc1CN=C(N)N1CCN(c2ncccn2)CC1.I. The molecule has 0 aromatic carbocycles. The molecule has 0 amide bonds. The molecule has 8 nitrogen and oxygen atoms in total. The Labute approximate surface area is 152 Å². The quantitative estimate of drug-likeness (QED) is 0.435. The van der Waals surface area contributed by atoms with Crippen molar-refractivity contribution in [3.05, 3.63) is 36.4 Å². The normalized spacial score (nSPS) is 15.4. The minimum absolute atomic E-state index is 0. The fraction of sp³-hybridized carbons (Fsp3) is 0.429. The van der Waals surface area contributed by atoms with Crippen molar-refractivity contribution in [3.8, 4) is 0 Å². The summed E-state index contributed by atoms with van der Waals surface area (Å²) in [4.78, 5) is 17.3. The number of anilines is 1. The molecule has 124 valence electrons. The van der Waals surface area contributed by atoms with Gasteiger partial charge >= 0.3 is 0 Å². The van der Waals surface area contributed by atoms with Crippen LogP contribution >= 0.6 is 24.0 Å². The fourth-order valence-electron chi connectivity index (χ4n) is 2.41. The summed E-state index contributed by atoms with van der Waals surface area (Å²) in [6, 6.07) is 3.77. The van der Waals surface area contributed by atoms with E-state index in [9.17, 15) is 0 Å². The van der Waals surface area contributed by atoms with Crippen LogP contribution in [0.4, 0.5) is 5.95 Å². The molecule has 0 aliphatic carbocycles. The van der Waals surface area contributed by atoms with Crippen molar-refractivity contribution < 1.29 is 0 Å². The highest BCUT2D eigenvalue weighted by molar-refractivity contribution is 14.0. The zero-order valence-electron chi connectivity index (χ0n) is 13.0. The van der Waals surface area contributed by atoms with Crippen LogP contribution < -0.4 is 10.6 Å². The van der Waals surface area contributed by atoms with Crippen molar-refractivity contribution in [1.29, 1.82) is 0 Å². The lowest BCUT2D eigenvalue weighted by Gasteiger charge is -2.35. The van der Waals surface area contributed by atoms with Gasteiger partial charge in [-0.3, -0.25) is 4.68 Å². The number of nitrogens with zero attached hydrogens (tertiary/aromatic N) is 7. The summed E-state index contributed by atoms with van der Waals surface area (Å²) >= 11 is 0. The largest absolute Gasteiger partial charge is 0.370 e. The van der Waals surface area contributed by atoms with Gasteiger partial charge in [0.05, 0.1) is 12.2 Å². The van der Waals surface area contributed by atoms with Crippen molar-refractivity contribution in [2.24, 2.45) is 17.8 Å². The molecule has 0 saturated carbocycles. The first kappa shape index (κ1) is 17.4. The molecule has 2 aromatic rings. The lowest BCUT2D eigenvalue weighted by molar-refractivity contribution is 0.378. The highest BCUT2D eigenvalue weighted by atomic mass is 127. The summed E-state index contributed by atoms with van der Waals surface area (Å²) in [6.45, 7) is 3.86. The third kappa shape index (κ3) is 4.30. The first-order valence-corrected chi connectivity index (χ1v) is 7.28. The van der Waals surface area contributed by atoms with Gasteiger partial charge < -0.3 is 15.5 Å². The predicted octanol–water partition coefficient (Wildman–Crippen LogP) is 0.465. The van der Waals surface area contributed by atoms with Crippen LogP contribution in [-0.4, -0.2) is 56.8 Å². The van der Waals surface area contributed by atoms with Gasteiger partial charge in [-0.15, -0.1) is 24.0 Å². The molecule has 3 rings (SSSR count). The summed E-state index contributed by atoms with van der Waals surface area (Å²) in [6.07, 6.45) is 5.29. The Morgan fingerprint density at radius 2 is 1.87 bits per heavy atom. The van der Waals surface area contributed by atoms with E-state index in [0.29, 0.717) is 12.5 Å². The number of hydrogen-bond acceptors (Lipinski definition) is 5. The Kier molecular flexibility index (Phi) is 6.13. The molecule has 0 atom stereocenters. The van der Waals surface area contributed by atoms with Gasteiger partial charge in [-0.05, 0) is 12.1 Å². The summed E-state index contributed by atoms with van der Waals surface area (Å²) in [5.74, 6) is 1.35. The van der Waals surface area contributed by atoms with Crippen LogP contribution in [0.3, 0.4) is 0 Å². The molecule has 1 saturated heterocycles. The molecule has 1 aliphatic rings. The second-order valence-corrected chi connectivity index (χ2v) is 5.14. The van der Waals surface area contributed by atoms with E-state index in [1.807, 2.05) is 23.9 Å². The van der Waals surface area contributed by atoms with Crippen molar-refractivity contribution in [3.63, 3.8) is 0 Å². The summed E-state index contributed by atoms with van der Waals surface area (Å²) < 4.78 is 1.81.